The van der Waals surface area contributed by atoms with E-state index >= 15 is 0 Å². The van der Waals surface area contributed by atoms with Gasteiger partial charge in [-0.3, -0.25) is 4.98 Å². The molecule has 0 aliphatic carbocycles. The van der Waals surface area contributed by atoms with Gasteiger partial charge in [0, 0.05) is 116 Å². The molecule has 0 saturated carbocycles. The summed E-state index contributed by atoms with van der Waals surface area (Å²) < 4.78 is 5.21. The zero-order chi connectivity index (χ0) is 82.5. The number of hydrogen-bond donors (Lipinski definition) is 4. The summed E-state index contributed by atoms with van der Waals surface area (Å²) in [5.74, 6) is 1.32. The minimum atomic E-state index is 0. The average Bonchev–Trinajstić information content (AvgIpc) is 1.69. The van der Waals surface area contributed by atoms with Gasteiger partial charge in [-0.1, -0.05) is 274 Å². The Morgan fingerprint density at radius 3 is 1.05 bits per heavy atom. The molecule has 16 aromatic carbocycles. The fourth-order valence-corrected chi connectivity index (χ4v) is 18.3. The first-order chi connectivity index (χ1) is 58.6. The van der Waals surface area contributed by atoms with Gasteiger partial charge in [0.15, 0.2) is 0 Å². The molecule has 0 atom stereocenters. The molecule has 0 amide bonds. The van der Waals surface area contributed by atoms with E-state index in [4.69, 9.17) is 30.4 Å². The number of aliphatic hydroxyl groups excluding tert-OH is 4. The smallest absolute Gasteiger partial charge is 0.0709 e. The number of pyridine rings is 4. The number of aromatic nitrogens is 4. The Morgan fingerprint density at radius 1 is 0.298 bits per heavy atom. The molecule has 8 nitrogen and oxygen atoms in total. The first kappa shape index (κ1) is 87.1. The molecule has 604 valence electrons. The molecule has 12 heteroatoms. The zero-order valence-electron chi connectivity index (χ0n) is 68.6. The maximum atomic E-state index is 7.57. The van der Waals surface area contributed by atoms with Crippen molar-refractivity contribution in [2.24, 2.45) is 11.8 Å². The van der Waals surface area contributed by atoms with E-state index in [1.807, 2.05) is 59.3 Å². The maximum absolute atomic E-state index is 7.57. The van der Waals surface area contributed by atoms with E-state index in [0.29, 0.717) is 11.8 Å². The fraction of sp³-hybridized carbons (Fsp3) is 0.119. The Kier molecular flexibility index (Phi) is 29.2. The summed E-state index contributed by atoms with van der Waals surface area (Å²) in [5, 5.41) is 56.8. The van der Waals surface area contributed by atoms with Crippen molar-refractivity contribution in [3.63, 3.8) is 0 Å². The van der Waals surface area contributed by atoms with Crippen LogP contribution in [0.3, 0.4) is 0 Å². The van der Waals surface area contributed by atoms with Gasteiger partial charge < -0.3 is 30.4 Å². The summed E-state index contributed by atoms with van der Waals surface area (Å²) in [7, 11) is 3.00. The van der Waals surface area contributed by atoms with Gasteiger partial charge in [0.25, 0.3) is 0 Å². The second kappa shape index (κ2) is 40.6. The number of nitrogens with zero attached hydrogens (tertiary/aromatic N) is 4. The molecule has 121 heavy (non-hydrogen) atoms. The van der Waals surface area contributed by atoms with Gasteiger partial charge in [-0.2, -0.15) is 11.3 Å². The molecule has 2 radical (unpaired) electrons. The third-order valence-electron chi connectivity index (χ3n) is 21.3. The molecule has 0 aliphatic heterocycles. The molecule has 0 aliphatic rings. The molecule has 0 spiro atoms. The van der Waals surface area contributed by atoms with E-state index in [9.17, 15) is 0 Å². The summed E-state index contributed by atoms with van der Waals surface area (Å²) in [6, 6.07) is 125. The number of hydrogen-bond acceptors (Lipinski definition) is 10. The first-order valence-electron chi connectivity index (χ1n) is 40.2. The van der Waals surface area contributed by atoms with E-state index in [1.54, 1.807) is 6.92 Å². The summed E-state index contributed by atoms with van der Waals surface area (Å²) in [6.07, 6.45) is 6.13. The largest absolute Gasteiger partial charge is 0.400 e. The van der Waals surface area contributed by atoms with E-state index in [1.165, 1.54) is 143 Å². The quantitative estimate of drug-likeness (QED) is 0.0874. The molecular formula is C109H91Ir2N4O4S2-3. The number of aliphatic hydroxyl groups is 4. The van der Waals surface area contributed by atoms with Crippen molar-refractivity contribution in [2.45, 2.75) is 47.5 Å². The van der Waals surface area contributed by atoms with Gasteiger partial charge in [-0.05, 0) is 195 Å². The summed E-state index contributed by atoms with van der Waals surface area (Å²) in [6.45, 7) is 10.8. The Labute approximate surface area is 740 Å². The minimum absolute atomic E-state index is 0. The normalized spacial score (nSPS) is 10.9. The summed E-state index contributed by atoms with van der Waals surface area (Å²) in [5.41, 5.74) is 13.0. The van der Waals surface area contributed by atoms with Crippen molar-refractivity contribution >= 4 is 171 Å². The summed E-state index contributed by atoms with van der Waals surface area (Å²) >= 11 is 3.72. The molecule has 22 aromatic rings. The van der Waals surface area contributed by atoms with Gasteiger partial charge in [0.05, 0.1) is 16.7 Å². The summed E-state index contributed by atoms with van der Waals surface area (Å²) in [4.78, 5) is 19.1. The van der Waals surface area contributed by atoms with Crippen LogP contribution in [0.2, 0.25) is 0 Å². The SMILES string of the molecule is CC(C)Cc1ccc(-c2[c-]ccc3ccccc23)nc1.CC(C)Cc1ccc(-c2[c-]ccc3ccccc23)nc1.CCO.CO.CO.CO.[Ir].[Ir].[c-]1cc2sc3cc4c5ccccc5c5ccccc5c4cc3c2cc1-c1ccc2ccccc2n1.c1ccc2nc(-c3ccc4sc5cc6c7ccccc7c7ccccc7c6cc5c4c3)ccc2c1. The molecule has 22 rings (SSSR count). The third kappa shape index (κ3) is 18.6. The van der Waals surface area contributed by atoms with Crippen molar-refractivity contribution in [2.75, 3.05) is 27.9 Å². The average molecular weight is 1970 g/mol. The van der Waals surface area contributed by atoms with E-state index in [0.717, 1.165) is 95.6 Å². The maximum Gasteiger partial charge on any atom is 0.0709 e. The van der Waals surface area contributed by atoms with Crippen molar-refractivity contribution < 1.29 is 60.6 Å². The van der Waals surface area contributed by atoms with Crippen LogP contribution in [0.5, 0.6) is 0 Å². The molecule has 6 aromatic heterocycles. The van der Waals surface area contributed by atoms with Gasteiger partial charge in [-0.25, -0.2) is 4.98 Å². The van der Waals surface area contributed by atoms with Crippen LogP contribution in [0.1, 0.15) is 45.7 Å². The Hall–Kier alpha value is -11.7. The minimum Gasteiger partial charge on any atom is -0.400 e. The monoisotopic (exact) mass is 1970 g/mol. The van der Waals surface area contributed by atoms with Crippen molar-refractivity contribution in [1.82, 2.24) is 19.9 Å². The Balaban J connectivity index is 0.000000138. The van der Waals surface area contributed by atoms with Crippen LogP contribution in [0, 0.1) is 30.0 Å². The van der Waals surface area contributed by atoms with Crippen LogP contribution in [0.25, 0.3) is 193 Å². The van der Waals surface area contributed by atoms with Crippen LogP contribution in [-0.2, 0) is 53.1 Å². The molecule has 0 unspecified atom stereocenters. The zero-order valence-corrected chi connectivity index (χ0v) is 75.0. The number of thiophene rings is 2. The topological polar surface area (TPSA) is 132 Å². The van der Waals surface area contributed by atoms with Crippen LogP contribution >= 0.6 is 22.7 Å². The molecule has 6 heterocycles. The predicted molar refractivity (Wildman–Crippen MR) is 510 cm³/mol. The van der Waals surface area contributed by atoms with Gasteiger partial charge >= 0.3 is 0 Å². The van der Waals surface area contributed by atoms with Crippen molar-refractivity contribution in [1.29, 1.82) is 0 Å². The van der Waals surface area contributed by atoms with Crippen molar-refractivity contribution in [3.05, 3.63) is 363 Å². The van der Waals surface area contributed by atoms with E-state index in [2.05, 4.69) is 353 Å². The Morgan fingerprint density at radius 2 is 0.636 bits per heavy atom. The fourth-order valence-electron chi connectivity index (χ4n) is 16.1. The number of fused-ring (bicyclic) bond motifs is 22. The van der Waals surface area contributed by atoms with Crippen molar-refractivity contribution in [3.8, 4) is 45.0 Å². The second-order valence-corrected chi connectivity index (χ2v) is 32.0. The number of para-hydroxylation sites is 2. The molecule has 0 saturated heterocycles. The Bertz CT molecular complexity index is 6910. The third-order valence-corrected chi connectivity index (χ3v) is 23.5. The molecule has 0 bridgehead atoms. The first-order valence-corrected chi connectivity index (χ1v) is 41.9. The predicted octanol–water partition coefficient (Wildman–Crippen LogP) is 27.9. The van der Waals surface area contributed by atoms with Gasteiger partial charge in [-0.15, -0.1) is 93.4 Å². The molecule has 0 fully saturated rings. The second-order valence-electron chi connectivity index (χ2n) is 29.8. The van der Waals surface area contributed by atoms with Crippen LogP contribution in [-0.4, -0.2) is 68.3 Å². The van der Waals surface area contributed by atoms with E-state index < -0.39 is 0 Å². The number of rotatable bonds is 8. The molecular weight excluding hydrogens is 1880 g/mol. The van der Waals surface area contributed by atoms with Gasteiger partial charge in [0.1, 0.15) is 0 Å². The van der Waals surface area contributed by atoms with Crippen LogP contribution < -0.4 is 0 Å². The number of benzene rings is 16. The standard InChI is InChI=1S/C33H19NS.C33H18NS.2C19H18N.C2H6O.3CH4O.2Ir/c2*1-6-12-30-20(7-1)13-15-31(34-30)21-14-16-32-28(17-21)29-18-26-24-10-4-2-8-22(24)23-9-3-5-11-25(23)27(26)19-33(29)35-32;2*1-14(2)12-15-10-11-19(20-13-15)18-9-5-7-16-6-3-4-8-17(16)18;1-2-3;3*1-2;;/h1-19H;1-13,15-19H;2*3-8,10-11,13-14H,12H2,1-2H3;3H,2H2,1H3;3*2H,1H3;;/q;3*-1;;;;;;. The van der Waals surface area contributed by atoms with Crippen LogP contribution in [0.15, 0.2) is 334 Å². The molecule has 4 N–H and O–H groups in total. The van der Waals surface area contributed by atoms with E-state index in [-0.39, 0.29) is 46.8 Å². The van der Waals surface area contributed by atoms with Crippen LogP contribution in [0.4, 0.5) is 0 Å². The van der Waals surface area contributed by atoms with Gasteiger partial charge in [0.2, 0.25) is 0 Å².